The molecule has 2 rings (SSSR count). The summed E-state index contributed by atoms with van der Waals surface area (Å²) in [6.07, 6.45) is 0. The summed E-state index contributed by atoms with van der Waals surface area (Å²) in [5.74, 6) is 0.698. The van der Waals surface area contributed by atoms with Crippen LogP contribution in [0.3, 0.4) is 0 Å². The van der Waals surface area contributed by atoms with Crippen molar-refractivity contribution in [3.05, 3.63) is 29.8 Å². The lowest BCUT2D eigenvalue weighted by molar-refractivity contribution is 0.322. The highest BCUT2D eigenvalue weighted by Crippen LogP contribution is 2.16. The number of hydrogen-bond donors (Lipinski definition) is 2. The largest absolute Gasteiger partial charge is 0.492 e. The number of nitrogens with one attached hydrogen (secondary N) is 1. The highest BCUT2D eigenvalue weighted by atomic mass is 32.2. The Balaban J connectivity index is 1.84. The Morgan fingerprint density at radius 1 is 1.40 bits per heavy atom. The SMILES string of the molecule is Cc1cccc(OCCNS(=O)(=O)c2nnc(N)s2)c1. The molecule has 1 aromatic heterocycles. The molecule has 108 valence electrons. The molecule has 0 aliphatic rings. The van der Waals surface area contributed by atoms with Gasteiger partial charge in [0, 0.05) is 6.54 Å². The Bertz CT molecular complexity index is 684. The van der Waals surface area contributed by atoms with Gasteiger partial charge >= 0.3 is 0 Å². The predicted molar refractivity (Wildman–Crippen MR) is 76.2 cm³/mol. The Morgan fingerprint density at radius 3 is 2.85 bits per heavy atom. The van der Waals surface area contributed by atoms with Gasteiger partial charge in [-0.2, -0.15) is 0 Å². The summed E-state index contributed by atoms with van der Waals surface area (Å²) in [6, 6.07) is 7.52. The first-order valence-electron chi connectivity index (χ1n) is 5.75. The second-order valence-electron chi connectivity index (χ2n) is 3.97. The van der Waals surface area contributed by atoms with Gasteiger partial charge in [-0.15, -0.1) is 10.2 Å². The highest BCUT2D eigenvalue weighted by molar-refractivity contribution is 7.91. The molecule has 2 aromatic rings. The van der Waals surface area contributed by atoms with Crippen LogP contribution in [-0.2, 0) is 10.0 Å². The number of nitrogen functional groups attached to an aromatic ring is 1. The first-order chi connectivity index (χ1) is 9.47. The van der Waals surface area contributed by atoms with Gasteiger partial charge in [-0.25, -0.2) is 13.1 Å². The average Bonchev–Trinajstić information content (AvgIpc) is 2.82. The maximum atomic E-state index is 11.8. The van der Waals surface area contributed by atoms with Gasteiger partial charge < -0.3 is 10.5 Å². The molecule has 0 saturated heterocycles. The van der Waals surface area contributed by atoms with Crippen LogP contribution < -0.4 is 15.2 Å². The Labute approximate surface area is 120 Å². The maximum absolute atomic E-state index is 11.8. The molecule has 0 atom stereocenters. The minimum absolute atomic E-state index is 0.112. The van der Waals surface area contributed by atoms with Crippen molar-refractivity contribution in [2.24, 2.45) is 0 Å². The third-order valence-electron chi connectivity index (χ3n) is 2.30. The van der Waals surface area contributed by atoms with Crippen molar-refractivity contribution in [1.82, 2.24) is 14.9 Å². The fraction of sp³-hybridized carbons (Fsp3) is 0.273. The molecule has 0 saturated carbocycles. The van der Waals surface area contributed by atoms with Crippen LogP contribution in [0, 0.1) is 6.92 Å². The minimum Gasteiger partial charge on any atom is -0.492 e. The van der Waals surface area contributed by atoms with E-state index < -0.39 is 10.0 Å². The molecule has 9 heteroatoms. The van der Waals surface area contributed by atoms with Gasteiger partial charge in [0.25, 0.3) is 10.0 Å². The molecule has 0 spiro atoms. The lowest BCUT2D eigenvalue weighted by Gasteiger charge is -2.07. The number of aromatic nitrogens is 2. The summed E-state index contributed by atoms with van der Waals surface area (Å²) in [6.45, 7) is 2.31. The van der Waals surface area contributed by atoms with Crippen LogP contribution in [0.4, 0.5) is 5.13 Å². The number of nitrogens with zero attached hydrogens (tertiary/aromatic N) is 2. The first-order valence-corrected chi connectivity index (χ1v) is 8.05. The van der Waals surface area contributed by atoms with E-state index in [1.807, 2.05) is 31.2 Å². The van der Waals surface area contributed by atoms with Crippen molar-refractivity contribution in [2.75, 3.05) is 18.9 Å². The van der Waals surface area contributed by atoms with E-state index >= 15 is 0 Å². The Morgan fingerprint density at radius 2 is 2.20 bits per heavy atom. The lowest BCUT2D eigenvalue weighted by atomic mass is 10.2. The van der Waals surface area contributed by atoms with E-state index in [0.717, 1.165) is 16.9 Å². The van der Waals surface area contributed by atoms with E-state index in [0.29, 0.717) is 5.75 Å². The van der Waals surface area contributed by atoms with E-state index in [2.05, 4.69) is 14.9 Å². The van der Waals surface area contributed by atoms with E-state index in [1.54, 1.807) is 0 Å². The summed E-state index contributed by atoms with van der Waals surface area (Å²) >= 11 is 0.815. The van der Waals surface area contributed by atoms with Gasteiger partial charge in [0.15, 0.2) is 0 Å². The molecule has 0 aliphatic heterocycles. The summed E-state index contributed by atoms with van der Waals surface area (Å²) < 4.78 is 31.3. The summed E-state index contributed by atoms with van der Waals surface area (Å²) in [5, 5.41) is 7.06. The molecular formula is C11H14N4O3S2. The van der Waals surface area contributed by atoms with Crippen molar-refractivity contribution in [3.63, 3.8) is 0 Å². The Kier molecular flexibility index (Phi) is 4.53. The second-order valence-corrected chi connectivity index (χ2v) is 6.92. The number of sulfonamides is 1. The first kappa shape index (κ1) is 14.7. The van der Waals surface area contributed by atoms with Gasteiger partial charge in [0.1, 0.15) is 12.4 Å². The zero-order valence-electron chi connectivity index (χ0n) is 10.7. The van der Waals surface area contributed by atoms with E-state index in [-0.39, 0.29) is 22.6 Å². The fourth-order valence-electron chi connectivity index (χ4n) is 1.44. The molecule has 1 aromatic carbocycles. The average molecular weight is 314 g/mol. The zero-order chi connectivity index (χ0) is 14.6. The van der Waals surface area contributed by atoms with Crippen molar-refractivity contribution in [1.29, 1.82) is 0 Å². The molecule has 20 heavy (non-hydrogen) atoms. The van der Waals surface area contributed by atoms with Crippen LogP contribution in [0.25, 0.3) is 0 Å². The zero-order valence-corrected chi connectivity index (χ0v) is 12.4. The van der Waals surface area contributed by atoms with Crippen LogP contribution in [0.15, 0.2) is 28.6 Å². The number of rotatable bonds is 6. The van der Waals surface area contributed by atoms with Crippen LogP contribution in [0.1, 0.15) is 5.56 Å². The molecule has 0 aliphatic carbocycles. The quantitative estimate of drug-likeness (QED) is 0.763. The lowest BCUT2D eigenvalue weighted by Crippen LogP contribution is -2.28. The molecule has 0 bridgehead atoms. The van der Waals surface area contributed by atoms with Crippen molar-refractivity contribution < 1.29 is 13.2 Å². The minimum atomic E-state index is -3.67. The number of ether oxygens (including phenoxy) is 1. The molecule has 7 nitrogen and oxygen atoms in total. The summed E-state index contributed by atoms with van der Waals surface area (Å²) in [5.41, 5.74) is 6.42. The fourth-order valence-corrected chi connectivity index (χ4v) is 3.28. The van der Waals surface area contributed by atoms with Crippen LogP contribution in [-0.4, -0.2) is 31.8 Å². The van der Waals surface area contributed by atoms with Gasteiger partial charge in [-0.05, 0) is 24.6 Å². The number of anilines is 1. The van der Waals surface area contributed by atoms with Gasteiger partial charge in [-0.3, -0.25) is 0 Å². The van der Waals surface area contributed by atoms with Crippen LogP contribution in [0.2, 0.25) is 0 Å². The predicted octanol–water partition coefficient (Wildman–Crippen LogP) is 0.786. The van der Waals surface area contributed by atoms with Gasteiger partial charge in [0.05, 0.1) is 0 Å². The summed E-state index contributed by atoms with van der Waals surface area (Å²) in [7, 11) is -3.67. The molecule has 0 amide bonds. The molecule has 0 radical (unpaired) electrons. The number of hydrogen-bond acceptors (Lipinski definition) is 7. The van der Waals surface area contributed by atoms with Gasteiger partial charge in [0.2, 0.25) is 9.47 Å². The second kappa shape index (κ2) is 6.16. The van der Waals surface area contributed by atoms with Gasteiger partial charge in [-0.1, -0.05) is 23.5 Å². The van der Waals surface area contributed by atoms with Crippen LogP contribution in [0.5, 0.6) is 5.75 Å². The van der Waals surface area contributed by atoms with E-state index in [9.17, 15) is 8.42 Å². The Hall–Kier alpha value is -1.71. The van der Waals surface area contributed by atoms with Crippen molar-refractivity contribution in [2.45, 2.75) is 11.3 Å². The maximum Gasteiger partial charge on any atom is 0.269 e. The molecule has 1 heterocycles. The summed E-state index contributed by atoms with van der Waals surface area (Å²) in [4.78, 5) is 0. The molecular weight excluding hydrogens is 300 g/mol. The standard InChI is InChI=1S/C11H14N4O3S2/c1-8-3-2-4-9(7-8)18-6-5-13-20(16,17)11-15-14-10(12)19-11/h2-4,7,13H,5-6H2,1H3,(H2,12,14). The van der Waals surface area contributed by atoms with Crippen molar-refractivity contribution in [3.8, 4) is 5.75 Å². The van der Waals surface area contributed by atoms with E-state index in [4.69, 9.17) is 10.5 Å². The normalized spacial score (nSPS) is 11.4. The molecule has 0 unspecified atom stereocenters. The topological polar surface area (TPSA) is 107 Å². The van der Waals surface area contributed by atoms with Crippen molar-refractivity contribution >= 4 is 26.5 Å². The molecule has 3 N–H and O–H groups in total. The third-order valence-corrected chi connectivity index (χ3v) is 4.89. The smallest absolute Gasteiger partial charge is 0.269 e. The highest BCUT2D eigenvalue weighted by Gasteiger charge is 2.18. The monoisotopic (exact) mass is 314 g/mol. The molecule has 0 fully saturated rings. The number of benzene rings is 1. The van der Waals surface area contributed by atoms with E-state index in [1.165, 1.54) is 0 Å². The van der Waals surface area contributed by atoms with Crippen LogP contribution >= 0.6 is 11.3 Å². The number of aryl methyl sites for hydroxylation is 1. The number of nitrogens with two attached hydrogens (primary N) is 1. The third kappa shape index (κ3) is 3.89.